The monoisotopic (exact) mass is 428 g/mol. The van der Waals surface area contributed by atoms with Gasteiger partial charge in [-0.3, -0.25) is 0 Å². The number of hydrogen-bond acceptors (Lipinski definition) is 4. The van der Waals surface area contributed by atoms with E-state index in [9.17, 15) is 4.79 Å². The van der Waals surface area contributed by atoms with Crippen molar-refractivity contribution in [1.29, 1.82) is 0 Å². The summed E-state index contributed by atoms with van der Waals surface area (Å²) >= 11 is 0. The molecule has 0 saturated heterocycles. The van der Waals surface area contributed by atoms with Crippen LogP contribution in [-0.2, 0) is 11.3 Å². The molecule has 0 saturated carbocycles. The molecule has 0 atom stereocenters. The fourth-order valence-corrected chi connectivity index (χ4v) is 3.02. The molecule has 0 fully saturated rings. The average molecular weight is 429 g/mol. The number of carbonyl (C=O) groups excluding carboxylic acids is 1. The molecule has 31 heavy (non-hydrogen) atoms. The second-order valence-electron chi connectivity index (χ2n) is 8.30. The number of ether oxygens (including phenoxy) is 1. The van der Waals surface area contributed by atoms with E-state index in [0.29, 0.717) is 19.6 Å². The molecule has 2 aromatic rings. The number of aliphatic imine (C=N–C) groups is 1. The Bertz CT molecular complexity index is 868. The number of carbonyl (C=O) groups is 1. The maximum absolute atomic E-state index is 11.7. The topological polar surface area (TPSA) is 92.6 Å². The lowest BCUT2D eigenvalue weighted by atomic mass is 10.2. The van der Waals surface area contributed by atoms with E-state index in [-0.39, 0.29) is 0 Å². The molecular weight excluding hydrogens is 392 g/mol. The fourth-order valence-electron chi connectivity index (χ4n) is 3.02. The number of alkyl carbamates (subject to hydrolysis) is 1. The molecule has 0 spiro atoms. The van der Waals surface area contributed by atoms with Gasteiger partial charge < -0.3 is 20.7 Å². The molecule has 0 radical (unpaired) electrons. The van der Waals surface area contributed by atoms with Gasteiger partial charge in [0.1, 0.15) is 5.60 Å². The van der Waals surface area contributed by atoms with Crippen LogP contribution in [0.25, 0.3) is 5.69 Å². The number of hydrogen-bond donors (Lipinski definition) is 3. The Hall–Kier alpha value is -3.03. The second-order valence-corrected chi connectivity index (χ2v) is 8.30. The molecular formula is C23H36N6O2. The van der Waals surface area contributed by atoms with Crippen LogP contribution in [0.1, 0.15) is 51.1 Å². The highest BCUT2D eigenvalue weighted by molar-refractivity contribution is 5.79. The Labute approximate surface area is 185 Å². The van der Waals surface area contributed by atoms with Crippen LogP contribution in [0.15, 0.2) is 35.3 Å². The number of benzene rings is 1. The highest BCUT2D eigenvalue weighted by atomic mass is 16.6. The van der Waals surface area contributed by atoms with Crippen LogP contribution in [0.5, 0.6) is 0 Å². The Morgan fingerprint density at radius 3 is 2.42 bits per heavy atom. The quantitative estimate of drug-likeness (QED) is 0.340. The molecule has 0 unspecified atom stereocenters. The molecule has 170 valence electrons. The zero-order valence-electron chi connectivity index (χ0n) is 19.6. The highest BCUT2D eigenvalue weighted by Crippen LogP contribution is 2.18. The first kappa shape index (κ1) is 24.2. The van der Waals surface area contributed by atoms with Crippen molar-refractivity contribution in [2.75, 3.05) is 19.6 Å². The smallest absolute Gasteiger partial charge is 0.407 e. The van der Waals surface area contributed by atoms with Crippen molar-refractivity contribution in [1.82, 2.24) is 25.7 Å². The molecule has 1 heterocycles. The Balaban J connectivity index is 1.90. The van der Waals surface area contributed by atoms with Crippen LogP contribution in [0.2, 0.25) is 0 Å². The summed E-state index contributed by atoms with van der Waals surface area (Å²) in [7, 11) is 0. The lowest BCUT2D eigenvalue weighted by Crippen LogP contribution is -2.39. The standard InChI is InChI=1S/C23H36N6O2/c1-7-24-21(25-14-11-15-26-22(30)31-23(4,5)6)27-16-20-17(2)28-29(18(20)3)19-12-9-8-10-13-19/h8-10,12-13H,7,11,14-16H2,1-6H3,(H,26,30)(H2,24,25,27). The molecule has 8 nitrogen and oxygen atoms in total. The minimum absolute atomic E-state index is 0.394. The van der Waals surface area contributed by atoms with Crippen LogP contribution < -0.4 is 16.0 Å². The van der Waals surface area contributed by atoms with Gasteiger partial charge >= 0.3 is 6.09 Å². The van der Waals surface area contributed by atoms with Crippen molar-refractivity contribution < 1.29 is 9.53 Å². The summed E-state index contributed by atoms with van der Waals surface area (Å²) < 4.78 is 7.19. The molecule has 2 rings (SSSR count). The van der Waals surface area contributed by atoms with Gasteiger partial charge in [-0.1, -0.05) is 18.2 Å². The number of aryl methyl sites for hydroxylation is 1. The summed E-state index contributed by atoms with van der Waals surface area (Å²) in [4.78, 5) is 16.4. The first-order valence-electron chi connectivity index (χ1n) is 10.8. The molecule has 8 heteroatoms. The minimum Gasteiger partial charge on any atom is -0.444 e. The Kier molecular flexibility index (Phi) is 8.90. The molecule has 0 aliphatic rings. The van der Waals surface area contributed by atoms with Crippen LogP contribution in [0.3, 0.4) is 0 Å². The minimum atomic E-state index is -0.488. The third kappa shape index (κ3) is 7.96. The van der Waals surface area contributed by atoms with E-state index < -0.39 is 11.7 Å². The van der Waals surface area contributed by atoms with Gasteiger partial charge in [-0.05, 0) is 60.1 Å². The summed E-state index contributed by atoms with van der Waals surface area (Å²) in [5, 5.41) is 14.0. The van der Waals surface area contributed by atoms with Gasteiger partial charge in [0.15, 0.2) is 5.96 Å². The zero-order valence-corrected chi connectivity index (χ0v) is 19.6. The number of nitrogens with one attached hydrogen (secondary N) is 3. The van der Waals surface area contributed by atoms with Crippen molar-refractivity contribution in [3.8, 4) is 5.69 Å². The first-order valence-corrected chi connectivity index (χ1v) is 10.8. The van der Waals surface area contributed by atoms with E-state index in [4.69, 9.17) is 9.73 Å². The van der Waals surface area contributed by atoms with E-state index in [1.54, 1.807) is 0 Å². The van der Waals surface area contributed by atoms with Crippen LogP contribution in [-0.4, -0.2) is 47.1 Å². The maximum atomic E-state index is 11.7. The molecule has 3 N–H and O–H groups in total. The molecule has 1 amide bonds. The van der Waals surface area contributed by atoms with Gasteiger partial charge in [0.25, 0.3) is 0 Å². The number of para-hydroxylation sites is 1. The average Bonchev–Trinajstić information content (AvgIpc) is 2.98. The van der Waals surface area contributed by atoms with Gasteiger partial charge in [0, 0.05) is 30.9 Å². The predicted molar refractivity (Wildman–Crippen MR) is 125 cm³/mol. The molecule has 0 aliphatic heterocycles. The van der Waals surface area contributed by atoms with Crippen LogP contribution in [0, 0.1) is 13.8 Å². The Morgan fingerprint density at radius 1 is 1.10 bits per heavy atom. The number of nitrogens with zero attached hydrogens (tertiary/aromatic N) is 3. The van der Waals surface area contributed by atoms with Crippen molar-refractivity contribution in [2.45, 2.75) is 60.1 Å². The van der Waals surface area contributed by atoms with Crippen molar-refractivity contribution in [3.05, 3.63) is 47.3 Å². The van der Waals surface area contributed by atoms with Crippen LogP contribution in [0.4, 0.5) is 4.79 Å². The van der Waals surface area contributed by atoms with Gasteiger partial charge in [0.05, 0.1) is 17.9 Å². The summed E-state index contributed by atoms with van der Waals surface area (Å²) in [5.41, 5.74) is 3.73. The van der Waals surface area contributed by atoms with Crippen molar-refractivity contribution >= 4 is 12.1 Å². The van der Waals surface area contributed by atoms with E-state index in [0.717, 1.165) is 41.6 Å². The third-order valence-corrected chi connectivity index (χ3v) is 4.50. The summed E-state index contributed by atoms with van der Waals surface area (Å²) in [6.45, 7) is 14.2. The number of guanidine groups is 1. The summed E-state index contributed by atoms with van der Waals surface area (Å²) in [6.07, 6.45) is 0.364. The van der Waals surface area contributed by atoms with Gasteiger partial charge in [-0.15, -0.1) is 0 Å². The van der Waals surface area contributed by atoms with E-state index in [1.165, 1.54) is 0 Å². The van der Waals surface area contributed by atoms with Crippen molar-refractivity contribution in [2.24, 2.45) is 4.99 Å². The highest BCUT2D eigenvalue weighted by Gasteiger charge is 2.15. The van der Waals surface area contributed by atoms with Gasteiger partial charge in [0.2, 0.25) is 0 Å². The number of amides is 1. The molecule has 0 bridgehead atoms. The largest absolute Gasteiger partial charge is 0.444 e. The lowest BCUT2D eigenvalue weighted by molar-refractivity contribution is 0.0527. The van der Waals surface area contributed by atoms with Crippen molar-refractivity contribution in [3.63, 3.8) is 0 Å². The number of rotatable bonds is 8. The third-order valence-electron chi connectivity index (χ3n) is 4.50. The summed E-state index contributed by atoms with van der Waals surface area (Å²) in [5.74, 6) is 0.742. The summed E-state index contributed by atoms with van der Waals surface area (Å²) in [6, 6.07) is 10.1. The number of aromatic nitrogens is 2. The van der Waals surface area contributed by atoms with Gasteiger partial charge in [-0.25, -0.2) is 14.5 Å². The van der Waals surface area contributed by atoms with E-state index >= 15 is 0 Å². The van der Waals surface area contributed by atoms with Gasteiger partial charge in [-0.2, -0.15) is 5.10 Å². The van der Waals surface area contributed by atoms with E-state index in [1.807, 2.05) is 69.6 Å². The molecule has 0 aliphatic carbocycles. The predicted octanol–water partition coefficient (Wildman–Crippen LogP) is 3.46. The SMILES string of the molecule is CCNC(=NCc1c(C)nn(-c2ccccc2)c1C)NCCCNC(=O)OC(C)(C)C. The zero-order chi connectivity index (χ0) is 22.9. The Morgan fingerprint density at radius 2 is 1.77 bits per heavy atom. The normalized spacial score (nSPS) is 11.9. The fraction of sp³-hybridized carbons (Fsp3) is 0.522. The first-order chi connectivity index (χ1) is 14.7. The second kappa shape index (κ2) is 11.4. The molecule has 1 aromatic carbocycles. The lowest BCUT2D eigenvalue weighted by Gasteiger charge is -2.19. The maximum Gasteiger partial charge on any atom is 0.407 e. The molecule has 1 aromatic heterocycles. The van der Waals surface area contributed by atoms with Crippen LogP contribution >= 0.6 is 0 Å². The van der Waals surface area contributed by atoms with E-state index in [2.05, 4.69) is 28.0 Å².